The molecule has 0 aliphatic carbocycles. The molecule has 0 saturated carbocycles. The summed E-state index contributed by atoms with van der Waals surface area (Å²) in [6, 6.07) is -0.547. The van der Waals surface area contributed by atoms with Crippen molar-refractivity contribution < 1.29 is 24.5 Å². The number of carbonyl (C=O) groups excluding carboxylic acids is 2. The molecule has 0 radical (unpaired) electrons. The standard InChI is InChI=1S/C61H115NO5/c1-3-5-7-9-11-13-14-15-16-17-26-29-32-35-39-43-47-51-55-61(66)67-56-52-48-44-40-36-33-30-27-24-22-20-18-19-21-23-25-28-31-34-38-42-46-50-54-60(65)62-58(57-63)59(64)53-49-45-41-37-12-10-8-6-4-2/h16-18,20-21,23,58-59,63-64H,3-15,19,22,24-57H2,1-2H3,(H,62,65)/b17-16-,20-18-,23-21-. The topological polar surface area (TPSA) is 95.9 Å². The Morgan fingerprint density at radius 2 is 0.746 bits per heavy atom. The van der Waals surface area contributed by atoms with E-state index in [1.165, 1.54) is 225 Å². The van der Waals surface area contributed by atoms with Gasteiger partial charge in [-0.25, -0.2) is 0 Å². The van der Waals surface area contributed by atoms with E-state index < -0.39 is 12.1 Å². The number of unbranched alkanes of at least 4 members (excludes halogenated alkanes) is 38. The van der Waals surface area contributed by atoms with E-state index in [0.29, 0.717) is 25.9 Å². The number of nitrogens with one attached hydrogen (secondary N) is 1. The summed E-state index contributed by atoms with van der Waals surface area (Å²) in [4.78, 5) is 24.5. The zero-order chi connectivity index (χ0) is 48.6. The highest BCUT2D eigenvalue weighted by molar-refractivity contribution is 5.76. The van der Waals surface area contributed by atoms with Crippen molar-refractivity contribution in [3.63, 3.8) is 0 Å². The third-order valence-corrected chi connectivity index (χ3v) is 13.7. The number of aliphatic hydroxyl groups excluding tert-OH is 2. The Labute approximate surface area is 417 Å². The van der Waals surface area contributed by atoms with Gasteiger partial charge in [-0.2, -0.15) is 0 Å². The van der Waals surface area contributed by atoms with Crippen molar-refractivity contribution in [2.45, 2.75) is 328 Å². The zero-order valence-corrected chi connectivity index (χ0v) is 44.9. The van der Waals surface area contributed by atoms with Crippen LogP contribution in [0, 0.1) is 0 Å². The first-order valence-electron chi connectivity index (χ1n) is 29.7. The van der Waals surface area contributed by atoms with Crippen LogP contribution in [0.1, 0.15) is 316 Å². The second-order valence-electron chi connectivity index (χ2n) is 20.3. The van der Waals surface area contributed by atoms with Crippen LogP contribution in [0.2, 0.25) is 0 Å². The SMILES string of the molecule is CCCCCCCCC/C=C\CCCCCCCCCC(=O)OCCCCCCCCCCC/C=C\C/C=C\CCCCCCCCCC(=O)NC(CO)C(O)CCCCCCCCCCC. The summed E-state index contributed by atoms with van der Waals surface area (Å²) in [6.45, 7) is 4.92. The second kappa shape index (κ2) is 56.7. The molecule has 1 amide bonds. The molecule has 0 aromatic heterocycles. The Hall–Kier alpha value is -1.92. The molecule has 6 heteroatoms. The minimum absolute atomic E-state index is 0.00390. The van der Waals surface area contributed by atoms with Crippen LogP contribution in [0.15, 0.2) is 36.5 Å². The van der Waals surface area contributed by atoms with Crippen molar-refractivity contribution in [3.8, 4) is 0 Å². The molecule has 6 nitrogen and oxygen atoms in total. The van der Waals surface area contributed by atoms with Crippen molar-refractivity contribution in [1.82, 2.24) is 5.32 Å². The highest BCUT2D eigenvalue weighted by Crippen LogP contribution is 2.16. The maximum atomic E-state index is 12.4. The Morgan fingerprint density at radius 1 is 0.418 bits per heavy atom. The second-order valence-corrected chi connectivity index (χ2v) is 20.3. The molecule has 0 heterocycles. The summed E-state index contributed by atoms with van der Waals surface area (Å²) in [7, 11) is 0. The quantitative estimate of drug-likeness (QED) is 0.0321. The van der Waals surface area contributed by atoms with Crippen LogP contribution < -0.4 is 5.32 Å². The van der Waals surface area contributed by atoms with Gasteiger partial charge in [0.15, 0.2) is 0 Å². The molecule has 0 aromatic carbocycles. The third-order valence-electron chi connectivity index (χ3n) is 13.7. The number of rotatable bonds is 55. The number of hydrogen-bond donors (Lipinski definition) is 3. The number of hydrogen-bond acceptors (Lipinski definition) is 5. The molecule has 0 aliphatic rings. The van der Waals surface area contributed by atoms with Crippen LogP contribution in [-0.4, -0.2) is 47.4 Å². The first-order valence-corrected chi connectivity index (χ1v) is 29.7. The Kier molecular flexibility index (Phi) is 55.0. The van der Waals surface area contributed by atoms with Gasteiger partial charge in [-0.3, -0.25) is 9.59 Å². The summed E-state index contributed by atoms with van der Waals surface area (Å²) < 4.78 is 5.49. The van der Waals surface area contributed by atoms with Crippen LogP contribution in [0.5, 0.6) is 0 Å². The molecule has 0 spiro atoms. The first kappa shape index (κ1) is 65.1. The summed E-state index contributed by atoms with van der Waals surface area (Å²) in [5.41, 5.74) is 0. The predicted molar refractivity (Wildman–Crippen MR) is 292 cm³/mol. The van der Waals surface area contributed by atoms with Crippen molar-refractivity contribution >= 4 is 11.9 Å². The lowest BCUT2D eigenvalue weighted by Gasteiger charge is -2.22. The van der Waals surface area contributed by atoms with E-state index in [9.17, 15) is 19.8 Å². The highest BCUT2D eigenvalue weighted by Gasteiger charge is 2.20. The molecule has 2 unspecified atom stereocenters. The normalized spacial score (nSPS) is 12.8. The molecule has 2 atom stereocenters. The molecule has 0 aliphatic heterocycles. The third kappa shape index (κ3) is 53.3. The van der Waals surface area contributed by atoms with Crippen molar-refractivity contribution in [1.29, 1.82) is 0 Å². The summed E-state index contributed by atoms with van der Waals surface area (Å²) in [6.07, 6.45) is 70.1. The maximum absolute atomic E-state index is 12.4. The lowest BCUT2D eigenvalue weighted by Crippen LogP contribution is -2.45. The van der Waals surface area contributed by atoms with E-state index in [1.807, 2.05) is 0 Å². The molecule has 0 rings (SSSR count). The number of ether oxygens (including phenoxy) is 1. The molecular formula is C61H115NO5. The fourth-order valence-corrected chi connectivity index (χ4v) is 9.08. The van der Waals surface area contributed by atoms with Gasteiger partial charge < -0.3 is 20.3 Å². The van der Waals surface area contributed by atoms with Gasteiger partial charge >= 0.3 is 5.97 Å². The van der Waals surface area contributed by atoms with Gasteiger partial charge in [0.05, 0.1) is 25.4 Å². The number of aliphatic hydroxyl groups is 2. The molecule has 0 aromatic rings. The van der Waals surface area contributed by atoms with E-state index in [0.717, 1.165) is 57.8 Å². The largest absolute Gasteiger partial charge is 0.466 e. The number of allylic oxidation sites excluding steroid dienone is 6. The van der Waals surface area contributed by atoms with Gasteiger partial charge in [-0.05, 0) is 83.5 Å². The lowest BCUT2D eigenvalue weighted by atomic mass is 10.0. The molecule has 3 N–H and O–H groups in total. The highest BCUT2D eigenvalue weighted by atomic mass is 16.5. The molecule has 0 fully saturated rings. The van der Waals surface area contributed by atoms with Crippen molar-refractivity contribution in [3.05, 3.63) is 36.5 Å². The zero-order valence-electron chi connectivity index (χ0n) is 44.9. The Balaban J connectivity index is 3.41. The summed E-state index contributed by atoms with van der Waals surface area (Å²) >= 11 is 0. The average molecular weight is 943 g/mol. The summed E-state index contributed by atoms with van der Waals surface area (Å²) in [5.74, 6) is -0.0441. The van der Waals surface area contributed by atoms with Gasteiger partial charge in [0.25, 0.3) is 0 Å². The van der Waals surface area contributed by atoms with Crippen molar-refractivity contribution in [2.24, 2.45) is 0 Å². The van der Waals surface area contributed by atoms with E-state index >= 15 is 0 Å². The fourth-order valence-electron chi connectivity index (χ4n) is 9.08. The van der Waals surface area contributed by atoms with Crippen molar-refractivity contribution in [2.75, 3.05) is 13.2 Å². The smallest absolute Gasteiger partial charge is 0.305 e. The van der Waals surface area contributed by atoms with E-state index in [4.69, 9.17) is 4.74 Å². The van der Waals surface area contributed by atoms with Gasteiger partial charge in [0, 0.05) is 12.8 Å². The number of amides is 1. The van der Waals surface area contributed by atoms with Gasteiger partial charge in [-0.1, -0.05) is 256 Å². The maximum Gasteiger partial charge on any atom is 0.305 e. The van der Waals surface area contributed by atoms with Gasteiger partial charge in [0.1, 0.15) is 0 Å². The summed E-state index contributed by atoms with van der Waals surface area (Å²) in [5, 5.41) is 23.1. The monoisotopic (exact) mass is 942 g/mol. The molecule has 0 saturated heterocycles. The van der Waals surface area contributed by atoms with Crippen LogP contribution in [0.25, 0.3) is 0 Å². The first-order chi connectivity index (χ1) is 33.0. The Morgan fingerprint density at radius 3 is 1.15 bits per heavy atom. The van der Waals surface area contributed by atoms with Gasteiger partial charge in [0.2, 0.25) is 5.91 Å². The van der Waals surface area contributed by atoms with Crippen LogP contribution in [0.3, 0.4) is 0 Å². The molecule has 67 heavy (non-hydrogen) atoms. The lowest BCUT2D eigenvalue weighted by molar-refractivity contribution is -0.143. The van der Waals surface area contributed by atoms with E-state index in [2.05, 4.69) is 55.6 Å². The van der Waals surface area contributed by atoms with Gasteiger partial charge in [-0.15, -0.1) is 0 Å². The van der Waals surface area contributed by atoms with E-state index in [-0.39, 0.29) is 18.5 Å². The average Bonchev–Trinajstić information content (AvgIpc) is 3.33. The van der Waals surface area contributed by atoms with E-state index in [1.54, 1.807) is 0 Å². The minimum atomic E-state index is -0.669. The number of carbonyl (C=O) groups is 2. The van der Waals surface area contributed by atoms with Crippen LogP contribution in [0.4, 0.5) is 0 Å². The van der Waals surface area contributed by atoms with Crippen LogP contribution in [-0.2, 0) is 14.3 Å². The predicted octanol–water partition coefficient (Wildman–Crippen LogP) is 18.4. The molecule has 0 bridgehead atoms. The minimum Gasteiger partial charge on any atom is -0.466 e. The van der Waals surface area contributed by atoms with Crippen LogP contribution >= 0.6 is 0 Å². The molecule has 394 valence electrons. The fraction of sp³-hybridized carbons (Fsp3) is 0.869. The Bertz CT molecular complexity index is 1090. The molecular weight excluding hydrogens is 827 g/mol. The number of esters is 1.